The summed E-state index contributed by atoms with van der Waals surface area (Å²) in [6.07, 6.45) is 3.93. The van der Waals surface area contributed by atoms with Gasteiger partial charge in [-0.1, -0.05) is 60.7 Å². The van der Waals surface area contributed by atoms with Crippen molar-refractivity contribution in [2.24, 2.45) is 33.9 Å². The zero-order valence-electron chi connectivity index (χ0n) is 13.1. The summed E-state index contributed by atoms with van der Waals surface area (Å²) in [5.41, 5.74) is 2.80. The van der Waals surface area contributed by atoms with E-state index in [9.17, 15) is 0 Å². The fraction of sp³-hybridized carbons (Fsp3) is 0.429. The van der Waals surface area contributed by atoms with Crippen LogP contribution in [0, 0.1) is 23.7 Å². The van der Waals surface area contributed by atoms with Crippen molar-refractivity contribution in [3.05, 3.63) is 71.8 Å². The molecule has 2 bridgehead atoms. The topological polar surface area (TPSA) is 24.7 Å². The second-order valence-electron chi connectivity index (χ2n) is 7.82. The molecule has 0 saturated heterocycles. The van der Waals surface area contributed by atoms with Crippen molar-refractivity contribution in [1.29, 1.82) is 0 Å². The van der Waals surface area contributed by atoms with Crippen LogP contribution in [0.1, 0.15) is 30.4 Å². The molecule has 23 heavy (non-hydrogen) atoms. The highest BCUT2D eigenvalue weighted by Gasteiger charge is 2.78. The van der Waals surface area contributed by atoms with Gasteiger partial charge in [0.15, 0.2) is 0 Å². The molecule has 114 valence electrons. The lowest BCUT2D eigenvalue weighted by molar-refractivity contribution is -0.0811. The summed E-state index contributed by atoms with van der Waals surface area (Å²) in [4.78, 5) is 0. The van der Waals surface area contributed by atoms with Gasteiger partial charge in [0.1, 0.15) is 11.1 Å². The first-order valence-corrected chi connectivity index (χ1v) is 8.92. The van der Waals surface area contributed by atoms with Crippen molar-refractivity contribution >= 4 is 0 Å². The second kappa shape index (κ2) is 3.92. The van der Waals surface area contributed by atoms with E-state index in [1.807, 2.05) is 0 Å². The van der Waals surface area contributed by atoms with Gasteiger partial charge in [-0.25, -0.2) is 0 Å². The molecule has 2 aromatic carbocycles. The summed E-state index contributed by atoms with van der Waals surface area (Å²) in [6, 6.07) is 22.0. The van der Waals surface area contributed by atoms with Gasteiger partial charge in [-0.2, -0.15) is 10.2 Å². The van der Waals surface area contributed by atoms with E-state index in [2.05, 4.69) is 60.7 Å². The average molecular weight is 300 g/mol. The molecule has 2 aliphatic heterocycles. The normalized spacial score (nSPS) is 45.0. The van der Waals surface area contributed by atoms with Gasteiger partial charge in [0.2, 0.25) is 0 Å². The predicted octanol–water partition coefficient (Wildman–Crippen LogP) is 4.92. The average Bonchev–Trinajstić information content (AvgIpc) is 3.39. The van der Waals surface area contributed by atoms with Crippen LogP contribution < -0.4 is 0 Å². The molecular weight excluding hydrogens is 280 g/mol. The minimum atomic E-state index is -0.00856. The zero-order chi connectivity index (χ0) is 15.1. The monoisotopic (exact) mass is 300 g/mol. The molecule has 3 fully saturated rings. The summed E-state index contributed by atoms with van der Waals surface area (Å²) in [5.74, 6) is 2.77. The number of azo groups is 1. The number of benzene rings is 2. The lowest BCUT2D eigenvalue weighted by Crippen LogP contribution is -2.61. The SMILES string of the molecule is c1ccc([C@]23N=N[C@](c4ccccc4)([C@H]4CC[C@H]42)[C@H]2C[C@H]23)cc1. The van der Waals surface area contributed by atoms with E-state index in [0.29, 0.717) is 23.7 Å². The quantitative estimate of drug-likeness (QED) is 0.752. The number of nitrogens with zero attached hydrogens (tertiary/aromatic N) is 2. The van der Waals surface area contributed by atoms with Crippen LogP contribution in [0.5, 0.6) is 0 Å². The minimum absolute atomic E-state index is 0.00856. The zero-order valence-corrected chi connectivity index (χ0v) is 13.1. The summed E-state index contributed by atoms with van der Waals surface area (Å²) in [7, 11) is 0. The third-order valence-corrected chi connectivity index (χ3v) is 7.18. The Balaban J connectivity index is 1.58. The van der Waals surface area contributed by atoms with Crippen LogP contribution in [0.25, 0.3) is 0 Å². The summed E-state index contributed by atoms with van der Waals surface area (Å²) >= 11 is 0. The van der Waals surface area contributed by atoms with Crippen LogP contribution in [-0.4, -0.2) is 0 Å². The molecule has 3 saturated carbocycles. The summed E-state index contributed by atoms with van der Waals surface area (Å²) < 4.78 is 0. The van der Waals surface area contributed by atoms with Crippen LogP contribution in [0.3, 0.4) is 0 Å². The first-order valence-electron chi connectivity index (χ1n) is 8.92. The Labute approximate surface area is 136 Å². The number of rotatable bonds is 2. The molecule has 2 heterocycles. The third kappa shape index (κ3) is 1.26. The van der Waals surface area contributed by atoms with Gasteiger partial charge in [0.25, 0.3) is 0 Å². The molecule has 2 heteroatoms. The fourth-order valence-corrected chi connectivity index (χ4v) is 6.12. The van der Waals surface area contributed by atoms with Crippen LogP contribution in [-0.2, 0) is 11.1 Å². The Bertz CT molecular complexity index is 732. The van der Waals surface area contributed by atoms with Crippen LogP contribution in [0.15, 0.2) is 70.9 Å². The van der Waals surface area contributed by atoms with Gasteiger partial charge in [0, 0.05) is 0 Å². The molecule has 2 nitrogen and oxygen atoms in total. The predicted molar refractivity (Wildman–Crippen MR) is 88.9 cm³/mol. The molecule has 0 radical (unpaired) electrons. The first kappa shape index (κ1) is 12.5. The van der Waals surface area contributed by atoms with Crippen molar-refractivity contribution in [3.8, 4) is 0 Å². The highest BCUT2D eigenvalue weighted by molar-refractivity contribution is 5.43. The Morgan fingerprint density at radius 3 is 1.43 bits per heavy atom. The van der Waals surface area contributed by atoms with E-state index in [1.54, 1.807) is 0 Å². The van der Waals surface area contributed by atoms with Gasteiger partial charge in [-0.15, -0.1) is 0 Å². The van der Waals surface area contributed by atoms with Gasteiger partial charge in [-0.05, 0) is 54.1 Å². The van der Waals surface area contributed by atoms with Crippen molar-refractivity contribution in [1.82, 2.24) is 0 Å². The molecule has 3 aliphatic carbocycles. The second-order valence-corrected chi connectivity index (χ2v) is 7.82. The molecule has 6 atom stereocenters. The summed E-state index contributed by atoms with van der Waals surface area (Å²) in [5, 5.41) is 10.2. The van der Waals surface area contributed by atoms with Crippen molar-refractivity contribution in [3.63, 3.8) is 0 Å². The highest BCUT2D eigenvalue weighted by Crippen LogP contribution is 2.78. The molecule has 2 aromatic rings. The van der Waals surface area contributed by atoms with Crippen LogP contribution in [0.2, 0.25) is 0 Å². The Hall–Kier alpha value is -1.96. The lowest BCUT2D eigenvalue weighted by atomic mass is 9.47. The number of hydrogen-bond donors (Lipinski definition) is 0. The maximum atomic E-state index is 5.08. The Kier molecular flexibility index (Phi) is 2.12. The minimum Gasteiger partial charge on any atom is -0.181 e. The standard InChI is InChI=1S/C21H20N2/c1-3-7-14(8-4-1)20-16-11-12-17(16)21(23-22-20,19-13-18(19)20)15-9-5-2-6-10-15/h1-10,16-19H,11-13H2/t16-,17+,18-,19+,20+,21-. The summed E-state index contributed by atoms with van der Waals surface area (Å²) in [6.45, 7) is 0. The molecule has 0 spiro atoms. The maximum absolute atomic E-state index is 5.08. The fourth-order valence-electron chi connectivity index (χ4n) is 6.12. The van der Waals surface area contributed by atoms with E-state index in [4.69, 9.17) is 10.2 Å². The Morgan fingerprint density at radius 2 is 1.04 bits per heavy atom. The van der Waals surface area contributed by atoms with E-state index in [-0.39, 0.29) is 11.1 Å². The first-order chi connectivity index (χ1) is 11.4. The van der Waals surface area contributed by atoms with Gasteiger partial charge in [-0.3, -0.25) is 0 Å². The largest absolute Gasteiger partial charge is 0.181 e. The lowest BCUT2D eigenvalue weighted by Gasteiger charge is -2.61. The van der Waals surface area contributed by atoms with Crippen molar-refractivity contribution in [2.45, 2.75) is 30.3 Å². The molecule has 7 rings (SSSR count). The molecule has 5 aliphatic rings. The smallest absolute Gasteiger partial charge is 0.113 e. The van der Waals surface area contributed by atoms with Gasteiger partial charge in [0.05, 0.1) is 0 Å². The Morgan fingerprint density at radius 1 is 0.609 bits per heavy atom. The molecule has 0 amide bonds. The van der Waals surface area contributed by atoms with Gasteiger partial charge >= 0.3 is 0 Å². The highest BCUT2D eigenvalue weighted by atomic mass is 15.3. The van der Waals surface area contributed by atoms with Crippen LogP contribution in [0.4, 0.5) is 0 Å². The van der Waals surface area contributed by atoms with Crippen LogP contribution >= 0.6 is 0 Å². The number of hydrogen-bond acceptors (Lipinski definition) is 2. The van der Waals surface area contributed by atoms with E-state index >= 15 is 0 Å². The molecule has 0 unspecified atom stereocenters. The molecule has 0 N–H and O–H groups in total. The molecule has 0 aromatic heterocycles. The molecular formula is C21H20N2. The van der Waals surface area contributed by atoms with Gasteiger partial charge < -0.3 is 0 Å². The van der Waals surface area contributed by atoms with E-state index in [1.165, 1.54) is 30.4 Å². The van der Waals surface area contributed by atoms with E-state index in [0.717, 1.165) is 0 Å². The van der Waals surface area contributed by atoms with E-state index < -0.39 is 0 Å². The maximum Gasteiger partial charge on any atom is 0.113 e. The third-order valence-electron chi connectivity index (χ3n) is 7.18. The van der Waals surface area contributed by atoms with Crippen molar-refractivity contribution < 1.29 is 0 Å². The van der Waals surface area contributed by atoms with Crippen molar-refractivity contribution in [2.75, 3.05) is 0 Å².